The molecule has 0 unspecified atom stereocenters. The maximum atomic E-state index is 12.2. The lowest BCUT2D eigenvalue weighted by Crippen LogP contribution is -2.01. The molecule has 1 aliphatic carbocycles. The van der Waals surface area contributed by atoms with E-state index < -0.39 is 0 Å². The Morgan fingerprint density at radius 2 is 1.79 bits per heavy atom. The van der Waals surface area contributed by atoms with Crippen LogP contribution in [0.4, 0.5) is 0 Å². The van der Waals surface area contributed by atoms with E-state index in [9.17, 15) is 4.79 Å². The third-order valence-corrected chi connectivity index (χ3v) is 2.96. The van der Waals surface area contributed by atoms with Gasteiger partial charge in [-0.2, -0.15) is 5.10 Å². The number of rotatable bonds is 3. The highest BCUT2D eigenvalue weighted by atomic mass is 16.1. The Labute approximate surface area is 113 Å². The molecule has 3 nitrogen and oxygen atoms in total. The van der Waals surface area contributed by atoms with Crippen molar-refractivity contribution in [2.75, 3.05) is 14.1 Å². The van der Waals surface area contributed by atoms with Gasteiger partial charge in [-0.15, -0.1) is 0 Å². The topological polar surface area (TPSA) is 32.7 Å². The molecule has 2 rings (SSSR count). The molecule has 0 N–H and O–H groups in total. The zero-order valence-electron chi connectivity index (χ0n) is 11.3. The second kappa shape index (κ2) is 6.14. The normalized spacial score (nSPS) is 19.8. The first kappa shape index (κ1) is 13.3. The van der Waals surface area contributed by atoms with E-state index in [1.807, 2.05) is 56.6 Å². The number of allylic oxidation sites excluding steroid dienone is 3. The lowest BCUT2D eigenvalue weighted by molar-refractivity contribution is -0.111. The largest absolute Gasteiger partial charge is 0.303 e. The molecule has 1 aromatic carbocycles. The second-order valence-electron chi connectivity index (χ2n) is 4.71. The standard InChI is InChI=1S/C16H18N2O/c1-18(2)17-11-10-14-8-9-15(16(14)19)12-13-6-4-3-5-7-13/h3-7,10-12H,8-9H2,1-2H3/b14-10+,15-12+,17-11-. The first-order chi connectivity index (χ1) is 9.16. The van der Waals surface area contributed by atoms with Gasteiger partial charge >= 0.3 is 0 Å². The number of nitrogens with zero attached hydrogens (tertiary/aromatic N) is 2. The highest BCUT2D eigenvalue weighted by molar-refractivity contribution is 6.14. The minimum Gasteiger partial charge on any atom is -0.303 e. The summed E-state index contributed by atoms with van der Waals surface area (Å²) in [4.78, 5) is 12.2. The molecule has 19 heavy (non-hydrogen) atoms. The number of carbonyl (C=O) groups excluding carboxylic acids is 1. The van der Waals surface area contributed by atoms with Crippen molar-refractivity contribution in [3.05, 3.63) is 53.1 Å². The third-order valence-electron chi connectivity index (χ3n) is 2.96. The molecule has 1 aromatic rings. The van der Waals surface area contributed by atoms with Crippen LogP contribution in [0.25, 0.3) is 6.08 Å². The van der Waals surface area contributed by atoms with E-state index in [0.29, 0.717) is 0 Å². The summed E-state index contributed by atoms with van der Waals surface area (Å²) >= 11 is 0. The van der Waals surface area contributed by atoms with E-state index >= 15 is 0 Å². The Morgan fingerprint density at radius 3 is 2.47 bits per heavy atom. The molecular weight excluding hydrogens is 236 g/mol. The minimum atomic E-state index is 0.147. The van der Waals surface area contributed by atoms with Crippen LogP contribution in [0, 0.1) is 0 Å². The van der Waals surface area contributed by atoms with Crippen LogP contribution in [-0.4, -0.2) is 31.1 Å². The number of ketones is 1. The van der Waals surface area contributed by atoms with Crippen molar-refractivity contribution in [3.63, 3.8) is 0 Å². The van der Waals surface area contributed by atoms with Crippen LogP contribution in [0.5, 0.6) is 0 Å². The SMILES string of the molecule is CN(C)/N=C\C=C1/CC/C(=C\c2ccccc2)C1=O. The van der Waals surface area contributed by atoms with Crippen LogP contribution < -0.4 is 0 Å². The van der Waals surface area contributed by atoms with Crippen LogP contribution in [0.1, 0.15) is 18.4 Å². The van der Waals surface area contributed by atoms with E-state index in [-0.39, 0.29) is 5.78 Å². The molecule has 0 aliphatic heterocycles. The monoisotopic (exact) mass is 254 g/mol. The number of benzene rings is 1. The highest BCUT2D eigenvalue weighted by Gasteiger charge is 2.22. The van der Waals surface area contributed by atoms with E-state index in [2.05, 4.69) is 5.10 Å². The molecule has 0 spiro atoms. The van der Waals surface area contributed by atoms with Crippen LogP contribution in [0.15, 0.2) is 52.7 Å². The molecule has 0 radical (unpaired) electrons. The van der Waals surface area contributed by atoms with Crippen molar-refractivity contribution in [1.29, 1.82) is 0 Å². The second-order valence-corrected chi connectivity index (χ2v) is 4.71. The van der Waals surface area contributed by atoms with Gasteiger partial charge < -0.3 is 5.01 Å². The van der Waals surface area contributed by atoms with Gasteiger partial charge in [-0.25, -0.2) is 0 Å². The average Bonchev–Trinajstić information content (AvgIpc) is 2.72. The van der Waals surface area contributed by atoms with Crippen molar-refractivity contribution >= 4 is 18.1 Å². The molecule has 98 valence electrons. The molecule has 0 heterocycles. The molecule has 3 heteroatoms. The fraction of sp³-hybridized carbons (Fsp3) is 0.250. The van der Waals surface area contributed by atoms with E-state index in [4.69, 9.17) is 0 Å². The van der Waals surface area contributed by atoms with Gasteiger partial charge in [-0.05, 0) is 30.6 Å². The summed E-state index contributed by atoms with van der Waals surface area (Å²) < 4.78 is 0. The van der Waals surface area contributed by atoms with Crippen molar-refractivity contribution in [1.82, 2.24) is 5.01 Å². The summed E-state index contributed by atoms with van der Waals surface area (Å²) in [5.41, 5.74) is 2.80. The van der Waals surface area contributed by atoms with Crippen LogP contribution in [0.2, 0.25) is 0 Å². The maximum Gasteiger partial charge on any atom is 0.185 e. The maximum absolute atomic E-state index is 12.2. The lowest BCUT2D eigenvalue weighted by atomic mass is 10.1. The van der Waals surface area contributed by atoms with Crippen molar-refractivity contribution in [2.45, 2.75) is 12.8 Å². The molecule has 0 saturated heterocycles. The van der Waals surface area contributed by atoms with Crippen molar-refractivity contribution in [3.8, 4) is 0 Å². The summed E-state index contributed by atoms with van der Waals surface area (Å²) in [5, 5.41) is 5.80. The third kappa shape index (κ3) is 3.65. The van der Waals surface area contributed by atoms with Gasteiger partial charge in [0.25, 0.3) is 0 Å². The zero-order valence-corrected chi connectivity index (χ0v) is 11.3. The van der Waals surface area contributed by atoms with Gasteiger partial charge in [0.05, 0.1) is 0 Å². The molecule has 1 aliphatic rings. The zero-order chi connectivity index (χ0) is 13.7. The minimum absolute atomic E-state index is 0.147. The van der Waals surface area contributed by atoms with Crippen molar-refractivity contribution in [2.24, 2.45) is 5.10 Å². The van der Waals surface area contributed by atoms with Crippen LogP contribution in [-0.2, 0) is 4.79 Å². The summed E-state index contributed by atoms with van der Waals surface area (Å²) in [6.45, 7) is 0. The number of Topliss-reactive ketones (excluding diaryl/α,β-unsaturated/α-hetero) is 1. The fourth-order valence-electron chi connectivity index (χ4n) is 2.01. The molecule has 0 amide bonds. The lowest BCUT2D eigenvalue weighted by Gasteiger charge is -2.00. The molecular formula is C16H18N2O. The predicted octanol–water partition coefficient (Wildman–Crippen LogP) is 2.91. The van der Waals surface area contributed by atoms with E-state index in [0.717, 1.165) is 29.6 Å². The van der Waals surface area contributed by atoms with Crippen LogP contribution in [0.3, 0.4) is 0 Å². The fourth-order valence-corrected chi connectivity index (χ4v) is 2.01. The summed E-state index contributed by atoms with van der Waals surface area (Å²) in [7, 11) is 3.71. The van der Waals surface area contributed by atoms with Gasteiger partial charge in [0.1, 0.15) is 0 Å². The molecule has 1 saturated carbocycles. The van der Waals surface area contributed by atoms with Gasteiger partial charge in [-0.3, -0.25) is 4.79 Å². The highest BCUT2D eigenvalue weighted by Crippen LogP contribution is 2.27. The average molecular weight is 254 g/mol. The Balaban J connectivity index is 2.12. The number of hydrogen-bond acceptors (Lipinski definition) is 3. The first-order valence-electron chi connectivity index (χ1n) is 6.37. The Kier molecular flexibility index (Phi) is 4.29. The summed E-state index contributed by atoms with van der Waals surface area (Å²) in [5.74, 6) is 0.147. The van der Waals surface area contributed by atoms with E-state index in [1.54, 1.807) is 11.2 Å². The van der Waals surface area contributed by atoms with E-state index in [1.165, 1.54) is 0 Å². The Morgan fingerprint density at radius 1 is 1.11 bits per heavy atom. The molecule has 0 bridgehead atoms. The summed E-state index contributed by atoms with van der Waals surface area (Å²) in [6.07, 6.45) is 7.09. The number of carbonyl (C=O) groups is 1. The van der Waals surface area contributed by atoms with Gasteiger partial charge in [-0.1, -0.05) is 30.3 Å². The Bertz CT molecular complexity index is 539. The quantitative estimate of drug-likeness (QED) is 0.472. The van der Waals surface area contributed by atoms with Gasteiger partial charge in [0.2, 0.25) is 0 Å². The first-order valence-corrected chi connectivity index (χ1v) is 6.37. The Hall–Kier alpha value is -2.16. The molecule has 1 fully saturated rings. The number of hydrazone groups is 1. The van der Waals surface area contributed by atoms with Crippen LogP contribution >= 0.6 is 0 Å². The van der Waals surface area contributed by atoms with Crippen molar-refractivity contribution < 1.29 is 4.79 Å². The smallest absolute Gasteiger partial charge is 0.185 e. The number of hydrogen-bond donors (Lipinski definition) is 0. The van der Waals surface area contributed by atoms with Gasteiger partial charge in [0, 0.05) is 31.5 Å². The van der Waals surface area contributed by atoms with Gasteiger partial charge in [0.15, 0.2) is 5.78 Å². The summed E-state index contributed by atoms with van der Waals surface area (Å²) in [6, 6.07) is 9.95. The molecule has 0 atom stereocenters. The predicted molar refractivity (Wildman–Crippen MR) is 78.9 cm³/mol. The molecule has 0 aromatic heterocycles.